The highest BCUT2D eigenvalue weighted by molar-refractivity contribution is 6.04. The van der Waals surface area contributed by atoms with E-state index in [1.165, 1.54) is 26.5 Å². The lowest BCUT2D eigenvalue weighted by atomic mass is 10.2. The summed E-state index contributed by atoms with van der Waals surface area (Å²) in [6.07, 6.45) is 1.42. The number of rotatable bonds is 6. The maximum absolute atomic E-state index is 13.7. The van der Waals surface area contributed by atoms with Crippen LogP contribution in [0.2, 0.25) is 0 Å². The Hall–Kier alpha value is -3.68. The average Bonchev–Trinajstić information content (AvgIpc) is 2.70. The first kappa shape index (κ1) is 19.1. The third-order valence-corrected chi connectivity index (χ3v) is 3.86. The number of amides is 1. The van der Waals surface area contributed by atoms with Crippen molar-refractivity contribution >= 4 is 23.1 Å². The molecule has 3 rings (SSSR count). The second-order valence-electron chi connectivity index (χ2n) is 5.71. The number of benzene rings is 2. The summed E-state index contributed by atoms with van der Waals surface area (Å²) in [5.41, 5.74) is 0.925. The van der Waals surface area contributed by atoms with Crippen LogP contribution in [0.3, 0.4) is 0 Å². The van der Waals surface area contributed by atoms with Crippen molar-refractivity contribution in [2.75, 3.05) is 24.9 Å². The van der Waals surface area contributed by atoms with Crippen molar-refractivity contribution in [3.63, 3.8) is 0 Å². The van der Waals surface area contributed by atoms with Gasteiger partial charge >= 0.3 is 0 Å². The summed E-state index contributed by atoms with van der Waals surface area (Å²) in [5.74, 6) is -0.446. The fourth-order valence-electron chi connectivity index (χ4n) is 2.45. The van der Waals surface area contributed by atoms with Crippen LogP contribution in [0.25, 0.3) is 0 Å². The van der Waals surface area contributed by atoms with Gasteiger partial charge in [-0.3, -0.25) is 4.79 Å². The molecular formula is C20H17F2N3O3. The normalized spacial score (nSPS) is 10.3. The molecule has 0 aliphatic carbocycles. The van der Waals surface area contributed by atoms with E-state index in [1.807, 2.05) is 0 Å². The molecule has 2 N–H and O–H groups in total. The zero-order valence-electron chi connectivity index (χ0n) is 15.1. The zero-order valence-corrected chi connectivity index (χ0v) is 15.1. The van der Waals surface area contributed by atoms with Gasteiger partial charge in [0.15, 0.2) is 11.5 Å². The van der Waals surface area contributed by atoms with Crippen LogP contribution in [0.5, 0.6) is 11.5 Å². The third kappa shape index (κ3) is 4.35. The first-order valence-electron chi connectivity index (χ1n) is 8.21. The van der Waals surface area contributed by atoms with Crippen LogP contribution in [-0.4, -0.2) is 25.1 Å². The third-order valence-electron chi connectivity index (χ3n) is 3.86. The van der Waals surface area contributed by atoms with Crippen LogP contribution < -0.4 is 20.1 Å². The number of pyridine rings is 1. The quantitative estimate of drug-likeness (QED) is 0.659. The van der Waals surface area contributed by atoms with Gasteiger partial charge in [0.05, 0.1) is 31.8 Å². The number of carbonyl (C=O) groups excluding carboxylic acids is 1. The molecule has 0 atom stereocenters. The smallest absolute Gasteiger partial charge is 0.255 e. The summed E-state index contributed by atoms with van der Waals surface area (Å²) in [7, 11) is 3.00. The number of carbonyl (C=O) groups is 1. The molecule has 2 aromatic carbocycles. The molecule has 0 bridgehead atoms. The molecule has 28 heavy (non-hydrogen) atoms. The molecule has 144 valence electrons. The number of hydrogen-bond donors (Lipinski definition) is 2. The molecule has 1 amide bonds. The van der Waals surface area contributed by atoms with Crippen molar-refractivity contribution in [1.82, 2.24) is 4.98 Å². The minimum absolute atomic E-state index is 0.0935. The summed E-state index contributed by atoms with van der Waals surface area (Å²) < 4.78 is 37.0. The Kier molecular flexibility index (Phi) is 5.69. The molecule has 8 heteroatoms. The van der Waals surface area contributed by atoms with E-state index < -0.39 is 11.6 Å². The molecule has 0 spiro atoms. The average molecular weight is 385 g/mol. The Morgan fingerprint density at radius 1 is 0.964 bits per heavy atom. The maximum Gasteiger partial charge on any atom is 0.255 e. The van der Waals surface area contributed by atoms with Crippen molar-refractivity contribution < 1.29 is 23.0 Å². The van der Waals surface area contributed by atoms with Crippen LogP contribution in [0, 0.1) is 11.6 Å². The van der Waals surface area contributed by atoms with Gasteiger partial charge in [-0.15, -0.1) is 0 Å². The van der Waals surface area contributed by atoms with E-state index in [9.17, 15) is 13.6 Å². The van der Waals surface area contributed by atoms with Crippen molar-refractivity contribution in [3.8, 4) is 11.5 Å². The summed E-state index contributed by atoms with van der Waals surface area (Å²) in [4.78, 5) is 16.5. The number of nitrogens with zero attached hydrogens (tertiary/aromatic N) is 1. The van der Waals surface area contributed by atoms with Crippen LogP contribution in [0.15, 0.2) is 54.7 Å². The molecule has 0 aliphatic rings. The minimum Gasteiger partial charge on any atom is -0.493 e. The molecule has 1 heterocycles. The lowest BCUT2D eigenvalue weighted by Gasteiger charge is -2.11. The van der Waals surface area contributed by atoms with E-state index in [0.29, 0.717) is 28.6 Å². The van der Waals surface area contributed by atoms with Crippen LogP contribution in [0.1, 0.15) is 10.4 Å². The van der Waals surface area contributed by atoms with Gasteiger partial charge < -0.3 is 20.1 Å². The summed E-state index contributed by atoms with van der Waals surface area (Å²) in [6.45, 7) is 0. The lowest BCUT2D eigenvalue weighted by Crippen LogP contribution is -2.12. The number of anilines is 3. The molecule has 0 radical (unpaired) electrons. The fourth-order valence-corrected chi connectivity index (χ4v) is 2.45. The highest BCUT2D eigenvalue weighted by Crippen LogP contribution is 2.28. The van der Waals surface area contributed by atoms with E-state index in [2.05, 4.69) is 15.6 Å². The Labute approximate surface area is 160 Å². The zero-order chi connectivity index (χ0) is 20.1. The topological polar surface area (TPSA) is 72.5 Å². The van der Waals surface area contributed by atoms with Gasteiger partial charge in [-0.05, 0) is 42.5 Å². The predicted octanol–water partition coefficient (Wildman–Crippen LogP) is 4.37. The highest BCUT2D eigenvalue weighted by Gasteiger charge is 2.11. The van der Waals surface area contributed by atoms with Crippen molar-refractivity contribution in [2.24, 2.45) is 0 Å². The molecule has 0 saturated heterocycles. The summed E-state index contributed by atoms with van der Waals surface area (Å²) >= 11 is 0. The number of ether oxygens (including phenoxy) is 2. The fraction of sp³-hybridized carbons (Fsp3) is 0.100. The van der Waals surface area contributed by atoms with Gasteiger partial charge in [-0.25, -0.2) is 13.8 Å². The van der Waals surface area contributed by atoms with Crippen LogP contribution in [-0.2, 0) is 0 Å². The van der Waals surface area contributed by atoms with Gasteiger partial charge in [0, 0.05) is 11.6 Å². The maximum atomic E-state index is 13.7. The SMILES string of the molecule is COc1ccc(C(=O)Nc2ccc(Nc3ccc(F)cc3F)nc2)cc1OC. The van der Waals surface area contributed by atoms with Gasteiger partial charge in [-0.2, -0.15) is 0 Å². The molecule has 0 unspecified atom stereocenters. The van der Waals surface area contributed by atoms with E-state index in [4.69, 9.17) is 9.47 Å². The van der Waals surface area contributed by atoms with Crippen LogP contribution in [0.4, 0.5) is 26.0 Å². The molecule has 0 fully saturated rings. The number of halogens is 2. The number of hydrogen-bond acceptors (Lipinski definition) is 5. The van der Waals surface area contributed by atoms with Gasteiger partial charge in [0.2, 0.25) is 0 Å². The standard InChI is InChI=1S/C20H17F2N3O3/c1-27-17-7-3-12(9-18(17)28-2)20(26)24-14-5-8-19(23-11-14)25-16-6-4-13(21)10-15(16)22/h3-11H,1-2H3,(H,23,25)(H,24,26). The first-order chi connectivity index (χ1) is 13.5. The second kappa shape index (κ2) is 8.34. The van der Waals surface area contributed by atoms with E-state index in [-0.39, 0.29) is 11.6 Å². The molecule has 0 saturated carbocycles. The van der Waals surface area contributed by atoms with E-state index >= 15 is 0 Å². The van der Waals surface area contributed by atoms with Crippen LogP contribution >= 0.6 is 0 Å². The van der Waals surface area contributed by atoms with Crippen molar-refractivity contribution in [2.45, 2.75) is 0 Å². The Morgan fingerprint density at radius 3 is 2.39 bits per heavy atom. The Bertz CT molecular complexity index is 994. The van der Waals surface area contributed by atoms with Gasteiger partial charge in [-0.1, -0.05) is 0 Å². The highest BCUT2D eigenvalue weighted by atomic mass is 19.1. The molecule has 6 nitrogen and oxygen atoms in total. The van der Waals surface area contributed by atoms with Crippen molar-refractivity contribution in [1.29, 1.82) is 0 Å². The largest absolute Gasteiger partial charge is 0.493 e. The second-order valence-corrected chi connectivity index (χ2v) is 5.71. The van der Waals surface area contributed by atoms with Crippen molar-refractivity contribution in [3.05, 3.63) is 71.9 Å². The number of aromatic nitrogens is 1. The molecule has 1 aromatic heterocycles. The minimum atomic E-state index is -0.729. The van der Waals surface area contributed by atoms with Gasteiger partial charge in [0.25, 0.3) is 5.91 Å². The monoisotopic (exact) mass is 385 g/mol. The predicted molar refractivity (Wildman–Crippen MR) is 101 cm³/mol. The first-order valence-corrected chi connectivity index (χ1v) is 8.21. The lowest BCUT2D eigenvalue weighted by molar-refractivity contribution is 0.102. The molecular weight excluding hydrogens is 368 g/mol. The number of nitrogens with one attached hydrogen (secondary N) is 2. The molecule has 0 aliphatic heterocycles. The Balaban J connectivity index is 1.69. The van der Waals surface area contributed by atoms with Gasteiger partial charge in [0.1, 0.15) is 17.5 Å². The van der Waals surface area contributed by atoms with E-state index in [0.717, 1.165) is 12.1 Å². The Morgan fingerprint density at radius 2 is 1.75 bits per heavy atom. The number of methoxy groups -OCH3 is 2. The summed E-state index contributed by atoms with van der Waals surface area (Å²) in [5, 5.41) is 5.45. The van der Waals surface area contributed by atoms with E-state index in [1.54, 1.807) is 30.3 Å². The summed E-state index contributed by atoms with van der Waals surface area (Å²) in [6, 6.07) is 11.2. The molecule has 3 aromatic rings.